The molecular weight excluding hydrogens is 1420 g/mol. The highest BCUT2D eigenvalue weighted by molar-refractivity contribution is 5.88. The van der Waals surface area contributed by atoms with Gasteiger partial charge >= 0.3 is 0 Å². The van der Waals surface area contributed by atoms with Crippen LogP contribution in [0.25, 0.3) is 0 Å². The third kappa shape index (κ3) is 33.9. The Hall–Kier alpha value is -5.49. The van der Waals surface area contributed by atoms with Gasteiger partial charge in [-0.05, 0) is 105 Å². The largest absolute Gasteiger partial charge is 0.388 e. The summed E-state index contributed by atoms with van der Waals surface area (Å²) in [4.78, 5) is 122. The summed E-state index contributed by atoms with van der Waals surface area (Å²) in [5, 5.41) is 144. The summed E-state index contributed by atoms with van der Waals surface area (Å²) in [5.41, 5.74) is 5.57. The van der Waals surface area contributed by atoms with Crippen LogP contribution in [0.15, 0.2) is 0 Å². The van der Waals surface area contributed by atoms with Crippen LogP contribution >= 0.6 is 0 Å². The first-order valence-electron chi connectivity index (χ1n) is 36.9. The predicted molar refractivity (Wildman–Crippen MR) is 372 cm³/mol. The SMILES string of the molecule is CC(=O)[C@H](CCCCN)NC(=O)CCCCCNC(=O)CN(CC(=O)NCCCCCC(=O)NCCO[C@@H]1O[C@@H](C)[C@@H](O)[C@@H](O)[C@@H]1O)CC(=O)NCCCC[C@@H](C(=O)NCCO[C@@H]1O[C@@H](C)[C@@H](O)[C@@H](O)[C@@H]1O)N(CC(=O)NCCO[C@@H]1O[C@@H](C)[C@@H](O)[C@@H](O)[C@@H]1O)CC(=O)NCCO[C@@H]1O[C@@H](C)[C@@H](O)[C@@H](O)[C@@H]1O. The van der Waals surface area contributed by atoms with Crippen LogP contribution in [0, 0.1) is 0 Å². The van der Waals surface area contributed by atoms with E-state index in [1.54, 1.807) is 0 Å². The molecule has 0 aromatic rings. The van der Waals surface area contributed by atoms with E-state index in [1.807, 2.05) is 0 Å². The van der Waals surface area contributed by atoms with E-state index in [-0.39, 0.29) is 122 Å². The average Bonchev–Trinajstić information content (AvgIpc) is 0.843. The summed E-state index contributed by atoms with van der Waals surface area (Å²) >= 11 is 0. The van der Waals surface area contributed by atoms with Crippen molar-refractivity contribution >= 4 is 53.0 Å². The maximum Gasteiger partial charge on any atom is 0.237 e. The number of nitrogens with two attached hydrogens (primary N) is 1. The average molecular weight is 1540 g/mol. The zero-order valence-electron chi connectivity index (χ0n) is 61.9. The van der Waals surface area contributed by atoms with Gasteiger partial charge in [0.25, 0.3) is 0 Å². The number of aliphatic hydroxyl groups is 12. The van der Waals surface area contributed by atoms with Gasteiger partial charge in [0, 0.05) is 58.7 Å². The van der Waals surface area contributed by atoms with E-state index < -0.39 is 203 Å². The number of hydrogen-bond donors (Lipinski definition) is 21. The number of amides is 8. The summed E-state index contributed by atoms with van der Waals surface area (Å²) in [7, 11) is 0. The van der Waals surface area contributed by atoms with E-state index in [4.69, 9.17) is 43.6 Å². The third-order valence-electron chi connectivity index (χ3n) is 18.4. The molecule has 4 saturated heterocycles. The van der Waals surface area contributed by atoms with Crippen molar-refractivity contribution in [2.75, 3.05) is 112 Å². The Balaban J connectivity index is 1.41. The van der Waals surface area contributed by atoms with Gasteiger partial charge in [-0.2, -0.15) is 0 Å². The monoisotopic (exact) mass is 1540 g/mol. The van der Waals surface area contributed by atoms with Gasteiger partial charge in [-0.25, -0.2) is 0 Å². The van der Waals surface area contributed by atoms with Crippen LogP contribution in [0.4, 0.5) is 0 Å². The Kier molecular flexibility index (Phi) is 44.2. The molecule has 4 aliphatic rings. The predicted octanol–water partition coefficient (Wildman–Crippen LogP) is -9.36. The first-order chi connectivity index (χ1) is 50.8. The van der Waals surface area contributed by atoms with E-state index in [1.165, 1.54) is 44.4 Å². The maximum absolute atomic E-state index is 14.4. The van der Waals surface area contributed by atoms with Crippen molar-refractivity contribution in [2.24, 2.45) is 5.73 Å². The second-order valence-corrected chi connectivity index (χ2v) is 27.3. The van der Waals surface area contributed by atoms with Crippen LogP contribution in [0.5, 0.6) is 0 Å². The summed E-state index contributed by atoms with van der Waals surface area (Å²) in [6.07, 6.45) is -21.9. The number of carbonyl (C=O) groups excluding carboxylic acids is 9. The van der Waals surface area contributed by atoms with Crippen molar-refractivity contribution < 1.29 is 142 Å². The van der Waals surface area contributed by atoms with Gasteiger partial charge in [0.1, 0.15) is 73.2 Å². The van der Waals surface area contributed by atoms with Gasteiger partial charge in [0.15, 0.2) is 30.9 Å². The second-order valence-electron chi connectivity index (χ2n) is 27.3. The lowest BCUT2D eigenvalue weighted by Crippen LogP contribution is -2.58. The summed E-state index contributed by atoms with van der Waals surface area (Å²) < 4.78 is 44.0. The number of hydrogen-bond acceptors (Lipinski definition) is 32. The molecule has 4 aliphatic heterocycles. The van der Waals surface area contributed by atoms with Crippen LogP contribution in [-0.4, -0.2) is 371 Å². The zero-order valence-corrected chi connectivity index (χ0v) is 61.9. The van der Waals surface area contributed by atoms with E-state index in [0.29, 0.717) is 64.3 Å². The number of rotatable bonds is 51. The fourth-order valence-corrected chi connectivity index (χ4v) is 11.9. The molecule has 8 amide bonds. The highest BCUT2D eigenvalue weighted by atomic mass is 16.7. The van der Waals surface area contributed by atoms with E-state index in [0.717, 1.165) is 0 Å². The molecule has 0 aromatic carbocycles. The van der Waals surface area contributed by atoms with E-state index in [9.17, 15) is 104 Å². The van der Waals surface area contributed by atoms with Gasteiger partial charge in [-0.1, -0.05) is 12.8 Å². The number of unbranched alkanes of at least 4 members (excludes halogenated alkanes) is 6. The van der Waals surface area contributed by atoms with Crippen molar-refractivity contribution in [3.05, 3.63) is 0 Å². The van der Waals surface area contributed by atoms with Crippen LogP contribution in [-0.2, 0) is 81.0 Å². The maximum atomic E-state index is 14.4. The Morgan fingerprint density at radius 1 is 0.355 bits per heavy atom. The molecule has 0 unspecified atom stereocenters. The molecule has 0 saturated carbocycles. The van der Waals surface area contributed by atoms with Gasteiger partial charge in [0.2, 0.25) is 47.3 Å². The number of ether oxygens (including phenoxy) is 8. The minimum absolute atomic E-state index is 0.0254. The normalized spacial score (nSPS) is 29.3. The Morgan fingerprint density at radius 3 is 1.02 bits per heavy atom. The number of nitrogens with zero attached hydrogens (tertiary/aromatic N) is 2. The zero-order chi connectivity index (χ0) is 79.3. The van der Waals surface area contributed by atoms with E-state index in [2.05, 4.69) is 42.5 Å². The summed E-state index contributed by atoms with van der Waals surface area (Å²) in [6.45, 7) is 4.04. The number of nitrogens with one attached hydrogen (secondary N) is 8. The van der Waals surface area contributed by atoms with Gasteiger partial charge < -0.3 is 147 Å². The molecule has 22 N–H and O–H groups in total. The van der Waals surface area contributed by atoms with Crippen LogP contribution in [0.3, 0.4) is 0 Å². The fraction of sp³-hybridized carbons (Fsp3) is 0.866. The summed E-state index contributed by atoms with van der Waals surface area (Å²) in [5.74, 6) is -4.58. The first-order valence-corrected chi connectivity index (χ1v) is 36.9. The molecular formula is C67H121N11O29. The van der Waals surface area contributed by atoms with Gasteiger partial charge in [0.05, 0.1) is 95.7 Å². The smallest absolute Gasteiger partial charge is 0.237 e. The molecule has 0 bridgehead atoms. The quantitative estimate of drug-likeness (QED) is 0.0252. The Labute approximate surface area is 622 Å². The summed E-state index contributed by atoms with van der Waals surface area (Å²) in [6, 6.07) is -1.92. The Morgan fingerprint density at radius 2 is 0.664 bits per heavy atom. The molecule has 22 atom stereocenters. The highest BCUT2D eigenvalue weighted by Gasteiger charge is 2.46. The molecule has 618 valence electrons. The lowest BCUT2D eigenvalue weighted by molar-refractivity contribution is -0.292. The molecule has 0 radical (unpaired) electrons. The molecule has 0 spiro atoms. The van der Waals surface area contributed by atoms with Crippen LogP contribution in [0.2, 0.25) is 0 Å². The number of ketones is 1. The lowest BCUT2D eigenvalue weighted by atomic mass is 10.0. The van der Waals surface area contributed by atoms with Crippen molar-refractivity contribution in [1.29, 1.82) is 0 Å². The molecule has 40 heteroatoms. The standard InChI is InChI=1S/C67H121N11O29/c1-37(79)42(16-10-12-20-68)76-45(81)19-9-7-14-22-70-47(83)33-77(32-46(82)69-21-13-6-8-18-44(80)72-24-28-100-64-59(95)55(91)51(87)38(2)104-64)34-48(84)71-23-15-11-17-43(63(99)75-27-31-103-67-62(98)58(94)54(90)41(5)107-67)78(35-49(85)73-25-29-101-65-60(96)56(92)52(88)39(3)105-65)36-50(86)74-26-30-102-66-61(97)57(93)53(89)40(4)106-66/h38-43,51-62,64-67,87-98H,6-36,68H2,1-5H3,(H,69,82)(H,70,83)(H,71,84)(H,72,80)(H,73,85)(H,74,86)(H,75,99)(H,76,81)/t38-,39-,40-,41-,42-,43-,51+,52+,53+,54+,55+,56+,57+,58+,59-,60-,61-,62-,64+,65+,66+,67+/m0/s1. The fourth-order valence-electron chi connectivity index (χ4n) is 11.9. The minimum atomic E-state index is -1.67. The third-order valence-corrected chi connectivity index (χ3v) is 18.4. The molecule has 40 nitrogen and oxygen atoms in total. The second kappa shape index (κ2) is 50.4. The number of carbonyl (C=O) groups is 9. The van der Waals surface area contributed by atoms with Gasteiger partial charge in [-0.3, -0.25) is 53.0 Å². The first kappa shape index (κ1) is 93.9. The van der Waals surface area contributed by atoms with Gasteiger partial charge in [-0.15, -0.1) is 0 Å². The van der Waals surface area contributed by atoms with Crippen molar-refractivity contribution in [2.45, 2.75) is 259 Å². The molecule has 4 fully saturated rings. The molecule has 107 heavy (non-hydrogen) atoms. The number of aliphatic hydroxyl groups excluding tert-OH is 12. The topological polar surface area (TPSA) is 599 Å². The number of Topliss-reactive ketones (excluding diaryl/α,β-unsaturated/α-hetero) is 1. The molecule has 4 rings (SSSR count). The van der Waals surface area contributed by atoms with Crippen molar-refractivity contribution in [3.8, 4) is 0 Å². The van der Waals surface area contributed by atoms with Crippen LogP contribution < -0.4 is 48.3 Å². The van der Waals surface area contributed by atoms with Crippen LogP contribution in [0.1, 0.15) is 125 Å². The molecule has 0 aliphatic carbocycles. The highest BCUT2D eigenvalue weighted by Crippen LogP contribution is 2.26. The Bertz CT molecular complexity index is 2620. The van der Waals surface area contributed by atoms with E-state index >= 15 is 0 Å². The molecule has 0 aromatic heterocycles. The minimum Gasteiger partial charge on any atom is -0.388 e. The lowest BCUT2D eigenvalue weighted by Gasteiger charge is -2.39. The van der Waals surface area contributed by atoms with Crippen molar-refractivity contribution in [1.82, 2.24) is 52.3 Å². The molecule has 4 heterocycles. The van der Waals surface area contributed by atoms with Crippen molar-refractivity contribution in [3.63, 3.8) is 0 Å².